The van der Waals surface area contributed by atoms with Crippen LogP contribution in [0, 0.1) is 5.82 Å². The van der Waals surface area contributed by atoms with Crippen LogP contribution in [0.4, 0.5) is 10.1 Å². The summed E-state index contributed by atoms with van der Waals surface area (Å²) in [5, 5.41) is 15.1. The monoisotopic (exact) mass is 336 g/mol. The molecule has 0 aliphatic carbocycles. The van der Waals surface area contributed by atoms with Crippen LogP contribution in [0.3, 0.4) is 0 Å². The Morgan fingerprint density at radius 1 is 1.26 bits per heavy atom. The Bertz CT molecular complexity index is 677. The first-order chi connectivity index (χ1) is 11.0. The average molecular weight is 337 g/mol. The third kappa shape index (κ3) is 4.94. The van der Waals surface area contributed by atoms with Gasteiger partial charge in [0.15, 0.2) is 0 Å². The second-order valence-corrected chi connectivity index (χ2v) is 5.63. The van der Waals surface area contributed by atoms with Gasteiger partial charge in [-0.05, 0) is 48.9 Å². The molecule has 0 saturated heterocycles. The number of halogens is 2. The molecule has 0 spiro atoms. The van der Waals surface area contributed by atoms with Gasteiger partial charge in [0.1, 0.15) is 5.82 Å². The number of benzene rings is 2. The molecule has 2 aromatic carbocycles. The summed E-state index contributed by atoms with van der Waals surface area (Å²) >= 11 is 5.97. The average Bonchev–Trinajstić information content (AvgIpc) is 2.54. The molecule has 0 aliphatic heterocycles. The summed E-state index contributed by atoms with van der Waals surface area (Å²) in [5.41, 5.74) is 2.11. The van der Waals surface area contributed by atoms with Crippen molar-refractivity contribution in [2.45, 2.75) is 19.5 Å². The zero-order valence-corrected chi connectivity index (χ0v) is 13.4. The number of carbonyl (C=O) groups is 1. The lowest BCUT2D eigenvalue weighted by Crippen LogP contribution is -2.34. The van der Waals surface area contributed by atoms with Crippen molar-refractivity contribution in [1.29, 1.82) is 0 Å². The van der Waals surface area contributed by atoms with Crippen LogP contribution in [-0.4, -0.2) is 23.7 Å². The van der Waals surface area contributed by atoms with E-state index in [-0.39, 0.29) is 24.4 Å². The molecule has 2 rings (SSSR count). The number of rotatable bonds is 6. The lowest BCUT2D eigenvalue weighted by molar-refractivity contribution is 0.0922. The van der Waals surface area contributed by atoms with Crippen molar-refractivity contribution in [3.63, 3.8) is 0 Å². The Balaban J connectivity index is 1.96. The van der Waals surface area contributed by atoms with Crippen LogP contribution < -0.4 is 10.6 Å². The van der Waals surface area contributed by atoms with Crippen LogP contribution in [0.15, 0.2) is 42.5 Å². The van der Waals surface area contributed by atoms with Crippen molar-refractivity contribution < 1.29 is 14.3 Å². The topological polar surface area (TPSA) is 61.4 Å². The van der Waals surface area contributed by atoms with Crippen molar-refractivity contribution in [2.24, 2.45) is 0 Å². The third-order valence-corrected chi connectivity index (χ3v) is 3.65. The summed E-state index contributed by atoms with van der Waals surface area (Å²) in [7, 11) is 0. The molecule has 6 heteroatoms. The minimum Gasteiger partial charge on any atom is -0.394 e. The lowest BCUT2D eigenvalue weighted by Gasteiger charge is -2.12. The van der Waals surface area contributed by atoms with Gasteiger partial charge in [-0.15, -0.1) is 0 Å². The minimum atomic E-state index is -0.369. The Morgan fingerprint density at radius 2 is 1.96 bits per heavy atom. The molecule has 0 bridgehead atoms. The predicted octanol–water partition coefficient (Wildman–Crippen LogP) is 3.20. The van der Waals surface area contributed by atoms with Crippen molar-refractivity contribution in [3.8, 4) is 0 Å². The molecular weight excluding hydrogens is 319 g/mol. The molecule has 0 saturated carbocycles. The number of aliphatic hydroxyl groups is 1. The molecule has 0 aromatic heterocycles. The Kier molecular flexibility index (Phi) is 5.96. The molecule has 4 nitrogen and oxygen atoms in total. The molecule has 1 unspecified atom stereocenters. The molecule has 2 aromatic rings. The van der Waals surface area contributed by atoms with E-state index in [2.05, 4.69) is 10.6 Å². The summed E-state index contributed by atoms with van der Waals surface area (Å²) in [5.74, 6) is -0.606. The second-order valence-electron chi connectivity index (χ2n) is 5.22. The molecule has 1 amide bonds. The maximum atomic E-state index is 13.0. The first kappa shape index (κ1) is 17.2. The highest BCUT2D eigenvalue weighted by atomic mass is 35.5. The molecule has 0 aliphatic rings. The van der Waals surface area contributed by atoms with Crippen LogP contribution in [0.25, 0.3) is 0 Å². The fourth-order valence-electron chi connectivity index (χ4n) is 1.95. The van der Waals surface area contributed by atoms with Gasteiger partial charge in [-0.25, -0.2) is 4.39 Å². The first-order valence-electron chi connectivity index (χ1n) is 7.19. The van der Waals surface area contributed by atoms with E-state index in [0.29, 0.717) is 17.1 Å². The maximum absolute atomic E-state index is 13.0. The van der Waals surface area contributed by atoms with Gasteiger partial charge >= 0.3 is 0 Å². The van der Waals surface area contributed by atoms with E-state index in [4.69, 9.17) is 16.7 Å². The number of hydrogen-bond acceptors (Lipinski definition) is 3. The highest BCUT2D eigenvalue weighted by molar-refractivity contribution is 6.31. The molecule has 0 heterocycles. The van der Waals surface area contributed by atoms with Crippen LogP contribution in [-0.2, 0) is 6.54 Å². The van der Waals surface area contributed by atoms with Gasteiger partial charge in [0, 0.05) is 28.9 Å². The van der Waals surface area contributed by atoms with Crippen LogP contribution in [0.1, 0.15) is 22.8 Å². The van der Waals surface area contributed by atoms with Gasteiger partial charge in [-0.3, -0.25) is 4.79 Å². The highest BCUT2D eigenvalue weighted by Crippen LogP contribution is 2.19. The lowest BCUT2D eigenvalue weighted by atomic mass is 10.1. The summed E-state index contributed by atoms with van der Waals surface area (Å²) in [6, 6.07) is 10.9. The fourth-order valence-corrected chi connectivity index (χ4v) is 2.19. The van der Waals surface area contributed by atoms with Gasteiger partial charge in [0.25, 0.3) is 5.91 Å². The van der Waals surface area contributed by atoms with Crippen molar-refractivity contribution in [2.75, 3.05) is 11.9 Å². The second kappa shape index (κ2) is 7.94. The number of hydrogen-bond donors (Lipinski definition) is 3. The molecule has 122 valence electrons. The van der Waals surface area contributed by atoms with E-state index >= 15 is 0 Å². The number of aliphatic hydroxyl groups excluding tert-OH is 1. The van der Waals surface area contributed by atoms with Crippen molar-refractivity contribution in [1.82, 2.24) is 5.32 Å². The first-order valence-corrected chi connectivity index (χ1v) is 7.57. The van der Waals surface area contributed by atoms with E-state index < -0.39 is 0 Å². The maximum Gasteiger partial charge on any atom is 0.251 e. The van der Waals surface area contributed by atoms with Crippen LogP contribution in [0.2, 0.25) is 5.02 Å². The van der Waals surface area contributed by atoms with E-state index in [0.717, 1.165) is 11.3 Å². The predicted molar refractivity (Wildman–Crippen MR) is 89.2 cm³/mol. The van der Waals surface area contributed by atoms with Crippen molar-refractivity contribution >= 4 is 23.2 Å². The Labute approximate surface area is 139 Å². The Hall–Kier alpha value is -2.11. The largest absolute Gasteiger partial charge is 0.394 e. The molecule has 3 N–H and O–H groups in total. The van der Waals surface area contributed by atoms with E-state index in [1.165, 1.54) is 12.1 Å². The zero-order chi connectivity index (χ0) is 16.8. The molecule has 23 heavy (non-hydrogen) atoms. The smallest absolute Gasteiger partial charge is 0.251 e. The third-order valence-electron chi connectivity index (χ3n) is 3.30. The van der Waals surface area contributed by atoms with Gasteiger partial charge < -0.3 is 15.7 Å². The van der Waals surface area contributed by atoms with Gasteiger partial charge in [-0.1, -0.05) is 17.7 Å². The van der Waals surface area contributed by atoms with E-state index in [1.54, 1.807) is 37.3 Å². The molecule has 1 atom stereocenters. The number of carbonyl (C=O) groups excluding carboxylic acids is 1. The van der Waals surface area contributed by atoms with E-state index in [1.807, 2.05) is 0 Å². The number of nitrogens with one attached hydrogen (secondary N) is 2. The zero-order valence-electron chi connectivity index (χ0n) is 12.6. The molecule has 0 radical (unpaired) electrons. The summed E-state index contributed by atoms with van der Waals surface area (Å²) in [4.78, 5) is 11.9. The summed E-state index contributed by atoms with van der Waals surface area (Å²) in [6.07, 6.45) is 0. The minimum absolute atomic E-state index is 0.107. The summed E-state index contributed by atoms with van der Waals surface area (Å²) in [6.45, 7) is 2.07. The normalized spacial score (nSPS) is 11.8. The SMILES string of the molecule is CC(CO)NC(=O)c1ccc(NCc2ccc(F)cc2Cl)cc1. The van der Waals surface area contributed by atoms with Crippen molar-refractivity contribution in [3.05, 3.63) is 64.4 Å². The highest BCUT2D eigenvalue weighted by Gasteiger charge is 2.08. The van der Waals surface area contributed by atoms with Crippen LogP contribution in [0.5, 0.6) is 0 Å². The van der Waals surface area contributed by atoms with Gasteiger partial charge in [0.2, 0.25) is 0 Å². The Morgan fingerprint density at radius 3 is 2.57 bits per heavy atom. The van der Waals surface area contributed by atoms with E-state index in [9.17, 15) is 9.18 Å². The van der Waals surface area contributed by atoms with Gasteiger partial charge in [-0.2, -0.15) is 0 Å². The standard InChI is InChI=1S/C17H18ClFN2O2/c1-11(10-22)21-17(23)12-3-6-15(7-4-12)20-9-13-2-5-14(19)8-16(13)18/h2-8,11,20,22H,9-10H2,1H3,(H,21,23). The summed E-state index contributed by atoms with van der Waals surface area (Å²) < 4.78 is 13.0. The quantitative estimate of drug-likeness (QED) is 0.759. The number of amides is 1. The van der Waals surface area contributed by atoms with Gasteiger partial charge in [0.05, 0.1) is 6.61 Å². The van der Waals surface area contributed by atoms with Crippen LogP contribution >= 0.6 is 11.6 Å². The fraction of sp³-hybridized carbons (Fsp3) is 0.235. The molecule has 0 fully saturated rings. The number of anilines is 1. The molecular formula is C17H18ClFN2O2.